The number of alkyl halides is 3. The lowest BCUT2D eigenvalue weighted by atomic mass is 9.68. The van der Waals surface area contributed by atoms with Gasteiger partial charge in [-0.25, -0.2) is 8.78 Å². The lowest BCUT2D eigenvalue weighted by Crippen LogP contribution is -2.27. The molecule has 296 valence electrons. The van der Waals surface area contributed by atoms with E-state index < -0.39 is 72.9 Å². The van der Waals surface area contributed by atoms with Crippen LogP contribution in [0, 0.1) is 64.7 Å². The maximum absolute atomic E-state index is 15.2. The van der Waals surface area contributed by atoms with Gasteiger partial charge in [-0.2, -0.15) is 22.0 Å². The summed E-state index contributed by atoms with van der Waals surface area (Å²) in [5.41, 5.74) is 0.619. The number of hydrogen-bond acceptors (Lipinski definition) is 2. The van der Waals surface area contributed by atoms with Crippen molar-refractivity contribution in [3.8, 4) is 11.5 Å². The van der Waals surface area contributed by atoms with Gasteiger partial charge in [0.1, 0.15) is 0 Å². The first-order valence-corrected chi connectivity index (χ1v) is 20.7. The highest BCUT2D eigenvalue weighted by Crippen LogP contribution is 2.46. The Balaban J connectivity index is 0.959. The molecule has 2 nitrogen and oxygen atoms in total. The van der Waals surface area contributed by atoms with Crippen molar-refractivity contribution >= 4 is 0 Å². The number of halogens is 7. The third-order valence-corrected chi connectivity index (χ3v) is 13.9. The summed E-state index contributed by atoms with van der Waals surface area (Å²) in [6.07, 6.45) is 11.5. The molecular weight excluding hydrogens is 693 g/mol. The van der Waals surface area contributed by atoms with E-state index >= 15 is 17.6 Å². The summed E-state index contributed by atoms with van der Waals surface area (Å²) in [4.78, 5) is 0. The third-order valence-electron chi connectivity index (χ3n) is 13.9. The Labute approximate surface area is 312 Å². The Kier molecular flexibility index (Phi) is 13.7. The molecule has 53 heavy (non-hydrogen) atoms. The number of rotatable bonds is 12. The SMILES string of the molecule is CC1CCC(C2CCC(c3ccc(OCCC(CCOc4ccc(C5CCC(C6CCC(C)CC6)CC5)c(F)c4F)C(F)(F)F)c(F)c3F)CC2)CC1. The van der Waals surface area contributed by atoms with E-state index in [4.69, 9.17) is 9.47 Å². The Morgan fingerprint density at radius 3 is 1.13 bits per heavy atom. The van der Waals surface area contributed by atoms with Crippen LogP contribution in [0.15, 0.2) is 24.3 Å². The molecule has 9 heteroatoms. The average molecular weight is 753 g/mol. The highest BCUT2D eigenvalue weighted by atomic mass is 19.4. The Morgan fingerprint density at radius 1 is 0.491 bits per heavy atom. The molecule has 4 aliphatic carbocycles. The molecule has 0 saturated heterocycles. The number of ether oxygens (including phenoxy) is 2. The van der Waals surface area contributed by atoms with Crippen molar-refractivity contribution in [2.75, 3.05) is 13.2 Å². The molecule has 0 radical (unpaired) electrons. The molecule has 4 fully saturated rings. The first kappa shape index (κ1) is 40.2. The molecule has 4 aliphatic rings. The van der Waals surface area contributed by atoms with E-state index in [9.17, 15) is 13.2 Å². The second-order valence-electron chi connectivity index (χ2n) is 17.3. The van der Waals surface area contributed by atoms with Crippen molar-refractivity contribution in [3.63, 3.8) is 0 Å². The van der Waals surface area contributed by atoms with E-state index in [0.717, 1.165) is 75.0 Å². The van der Waals surface area contributed by atoms with Crippen molar-refractivity contribution in [2.24, 2.45) is 41.4 Å². The van der Waals surface area contributed by atoms with Crippen LogP contribution >= 0.6 is 0 Å². The summed E-state index contributed by atoms with van der Waals surface area (Å²) in [7, 11) is 0. The van der Waals surface area contributed by atoms with E-state index in [1.807, 2.05) is 0 Å². The first-order valence-electron chi connectivity index (χ1n) is 20.7. The minimum atomic E-state index is -4.63. The van der Waals surface area contributed by atoms with Gasteiger partial charge < -0.3 is 9.47 Å². The van der Waals surface area contributed by atoms with Crippen LogP contribution in [0.3, 0.4) is 0 Å². The van der Waals surface area contributed by atoms with E-state index in [0.29, 0.717) is 23.0 Å². The molecule has 0 aromatic heterocycles. The summed E-state index contributed by atoms with van der Waals surface area (Å²) in [5, 5.41) is 0. The van der Waals surface area contributed by atoms with Gasteiger partial charge in [0.15, 0.2) is 23.1 Å². The maximum atomic E-state index is 15.2. The van der Waals surface area contributed by atoms with Gasteiger partial charge in [0.2, 0.25) is 11.6 Å². The summed E-state index contributed by atoms with van der Waals surface area (Å²) < 4.78 is 113. The van der Waals surface area contributed by atoms with E-state index in [1.54, 1.807) is 0 Å². The van der Waals surface area contributed by atoms with Crippen LogP contribution in [-0.4, -0.2) is 19.4 Å². The molecule has 2 aromatic rings. The Bertz CT molecular complexity index is 1360. The predicted octanol–water partition coefficient (Wildman–Crippen LogP) is 13.9. The van der Waals surface area contributed by atoms with Crippen molar-refractivity contribution in [1.29, 1.82) is 0 Å². The molecule has 2 aromatic carbocycles. The molecule has 0 aliphatic heterocycles. The minimum Gasteiger partial charge on any atom is -0.490 e. The lowest BCUT2D eigenvalue weighted by molar-refractivity contribution is -0.181. The van der Waals surface area contributed by atoms with Crippen LogP contribution in [0.1, 0.15) is 152 Å². The largest absolute Gasteiger partial charge is 0.490 e. The topological polar surface area (TPSA) is 18.5 Å². The van der Waals surface area contributed by atoms with Crippen molar-refractivity contribution in [1.82, 2.24) is 0 Å². The van der Waals surface area contributed by atoms with E-state index in [-0.39, 0.29) is 11.8 Å². The normalized spacial score (nSPS) is 30.5. The van der Waals surface area contributed by atoms with Gasteiger partial charge in [-0.05, 0) is 160 Å². The molecular formula is C44H59F7O2. The highest BCUT2D eigenvalue weighted by molar-refractivity contribution is 5.34. The Hall–Kier alpha value is -2.45. The third kappa shape index (κ3) is 10.1. The van der Waals surface area contributed by atoms with E-state index in [2.05, 4.69) is 13.8 Å². The monoisotopic (exact) mass is 752 g/mol. The predicted molar refractivity (Wildman–Crippen MR) is 194 cm³/mol. The van der Waals surface area contributed by atoms with E-state index in [1.165, 1.54) is 75.6 Å². The number of benzene rings is 2. The van der Waals surface area contributed by atoms with Crippen LogP contribution < -0.4 is 9.47 Å². The zero-order valence-electron chi connectivity index (χ0n) is 31.6. The quantitative estimate of drug-likeness (QED) is 0.201. The van der Waals surface area contributed by atoms with Gasteiger partial charge in [-0.1, -0.05) is 51.7 Å². The molecule has 0 N–H and O–H groups in total. The fourth-order valence-electron chi connectivity index (χ4n) is 10.4. The van der Waals surface area contributed by atoms with Crippen LogP contribution in [0.4, 0.5) is 30.7 Å². The molecule has 0 bridgehead atoms. The van der Waals surface area contributed by atoms with Gasteiger partial charge in [0.05, 0.1) is 19.1 Å². The first-order chi connectivity index (χ1) is 25.4. The van der Waals surface area contributed by atoms with Crippen molar-refractivity contribution in [3.05, 3.63) is 58.7 Å². The average Bonchev–Trinajstić information content (AvgIpc) is 3.15. The molecule has 6 rings (SSSR count). The van der Waals surface area contributed by atoms with Crippen molar-refractivity contribution in [2.45, 2.75) is 147 Å². The zero-order valence-corrected chi connectivity index (χ0v) is 31.6. The zero-order chi connectivity index (χ0) is 37.7. The Morgan fingerprint density at radius 2 is 0.811 bits per heavy atom. The highest BCUT2D eigenvalue weighted by Gasteiger charge is 2.39. The lowest BCUT2D eigenvalue weighted by Gasteiger charge is -2.37. The fourth-order valence-corrected chi connectivity index (χ4v) is 10.4. The second kappa shape index (κ2) is 18.0. The molecule has 0 spiro atoms. The molecule has 0 amide bonds. The molecule has 0 heterocycles. The standard InChI is InChI=1S/C44H59F7O2/c1-27-3-7-29(8-4-27)31-11-15-33(16-12-31)36-19-21-38(42(47)40(36)45)52-25-23-35(44(49,50)51)24-26-53-39-22-20-37(41(46)43(39)48)34-17-13-32(14-18-34)30-9-5-28(2)6-10-30/h19-22,27-35H,3-18,23-26H2,1-2H3. The smallest absolute Gasteiger partial charge is 0.392 e. The molecule has 4 saturated carbocycles. The molecule has 0 atom stereocenters. The summed E-state index contributed by atoms with van der Waals surface area (Å²) in [6.45, 7) is 3.61. The van der Waals surface area contributed by atoms with Crippen LogP contribution in [0.5, 0.6) is 11.5 Å². The fraction of sp³-hybridized carbons (Fsp3) is 0.727. The maximum Gasteiger partial charge on any atom is 0.392 e. The van der Waals surface area contributed by atoms with Crippen LogP contribution in [0.2, 0.25) is 0 Å². The van der Waals surface area contributed by atoms with Gasteiger partial charge >= 0.3 is 6.18 Å². The van der Waals surface area contributed by atoms with Crippen LogP contribution in [0.25, 0.3) is 0 Å². The van der Waals surface area contributed by atoms with Gasteiger partial charge in [0.25, 0.3) is 0 Å². The van der Waals surface area contributed by atoms with Gasteiger partial charge in [-0.3, -0.25) is 0 Å². The summed E-state index contributed by atoms with van der Waals surface area (Å²) in [6, 6.07) is 5.66. The van der Waals surface area contributed by atoms with Crippen LogP contribution in [-0.2, 0) is 0 Å². The summed E-state index contributed by atoms with van der Waals surface area (Å²) >= 11 is 0. The van der Waals surface area contributed by atoms with Gasteiger partial charge in [-0.15, -0.1) is 0 Å². The number of hydrogen-bond donors (Lipinski definition) is 0. The van der Waals surface area contributed by atoms with Gasteiger partial charge in [0, 0.05) is 0 Å². The van der Waals surface area contributed by atoms with Crippen molar-refractivity contribution < 1.29 is 40.2 Å². The second-order valence-corrected chi connectivity index (χ2v) is 17.3. The molecule has 0 unspecified atom stereocenters. The minimum absolute atomic E-state index is 0.0865. The summed E-state index contributed by atoms with van der Waals surface area (Å²) in [5.74, 6) is -2.93.